The number of nitrogen functional groups attached to an aromatic ring is 1. The van der Waals surface area contributed by atoms with Crippen molar-refractivity contribution in [2.75, 3.05) is 20.0 Å². The highest BCUT2D eigenvalue weighted by Crippen LogP contribution is 2.41. The molecule has 9 heteroatoms. The van der Waals surface area contributed by atoms with E-state index in [2.05, 4.69) is 20.4 Å². The van der Waals surface area contributed by atoms with Crippen LogP contribution < -0.4 is 15.2 Å². The van der Waals surface area contributed by atoms with Crippen molar-refractivity contribution in [3.05, 3.63) is 40.7 Å². The molecule has 0 aliphatic heterocycles. The molecule has 2 aromatic heterocycles. The van der Waals surface area contributed by atoms with Crippen LogP contribution in [-0.4, -0.2) is 34.6 Å². The van der Waals surface area contributed by atoms with E-state index in [9.17, 15) is 8.78 Å². The number of aromatic amines is 2. The van der Waals surface area contributed by atoms with Gasteiger partial charge in [-0.2, -0.15) is 10.2 Å². The Morgan fingerprint density at radius 1 is 1.11 bits per heavy atom. The highest BCUT2D eigenvalue weighted by Gasteiger charge is 2.31. The van der Waals surface area contributed by atoms with Gasteiger partial charge in [0.2, 0.25) is 0 Å². The SMILES string of the molecule is COc1cc(OC)c(F)c([C@@H]2CCCc3c(-c4n[nH]cc4N)n[nH]c3C2)c1F. The summed E-state index contributed by atoms with van der Waals surface area (Å²) in [6, 6.07) is 1.23. The number of nitrogens with zero attached hydrogens (tertiary/aromatic N) is 2. The Morgan fingerprint density at radius 3 is 2.43 bits per heavy atom. The second kappa shape index (κ2) is 7.14. The van der Waals surface area contributed by atoms with E-state index < -0.39 is 11.6 Å². The van der Waals surface area contributed by atoms with Crippen LogP contribution in [0.3, 0.4) is 0 Å². The molecule has 0 unspecified atom stereocenters. The molecule has 7 nitrogen and oxygen atoms in total. The molecular weight excluding hydrogens is 368 g/mol. The van der Waals surface area contributed by atoms with Gasteiger partial charge in [0.05, 0.1) is 19.9 Å². The molecule has 0 spiro atoms. The van der Waals surface area contributed by atoms with Crippen molar-refractivity contribution >= 4 is 5.69 Å². The van der Waals surface area contributed by atoms with Gasteiger partial charge in [-0.05, 0) is 31.6 Å². The molecule has 148 valence electrons. The Kier molecular flexibility index (Phi) is 4.66. The molecule has 0 radical (unpaired) electrons. The summed E-state index contributed by atoms with van der Waals surface area (Å²) in [6.45, 7) is 0. The summed E-state index contributed by atoms with van der Waals surface area (Å²) in [5, 5.41) is 14.3. The van der Waals surface area contributed by atoms with Gasteiger partial charge in [-0.15, -0.1) is 0 Å². The molecule has 1 atom stereocenters. The fraction of sp³-hybridized carbons (Fsp3) is 0.368. The lowest BCUT2D eigenvalue weighted by Crippen LogP contribution is -2.10. The first-order valence-corrected chi connectivity index (χ1v) is 9.00. The Balaban J connectivity index is 1.76. The van der Waals surface area contributed by atoms with Crippen molar-refractivity contribution in [2.45, 2.75) is 31.6 Å². The maximum Gasteiger partial charge on any atom is 0.171 e. The fourth-order valence-electron chi connectivity index (χ4n) is 3.91. The van der Waals surface area contributed by atoms with E-state index in [-0.39, 0.29) is 23.0 Å². The quantitative estimate of drug-likeness (QED) is 0.594. The first kappa shape index (κ1) is 18.3. The zero-order valence-corrected chi connectivity index (χ0v) is 15.6. The predicted octanol–water partition coefficient (Wildman–Crippen LogP) is 3.34. The molecule has 0 saturated heterocycles. The number of fused-ring (bicyclic) bond motifs is 1. The summed E-state index contributed by atoms with van der Waals surface area (Å²) >= 11 is 0. The first-order chi connectivity index (χ1) is 13.5. The van der Waals surface area contributed by atoms with Gasteiger partial charge >= 0.3 is 0 Å². The van der Waals surface area contributed by atoms with Crippen LogP contribution in [-0.2, 0) is 12.8 Å². The van der Waals surface area contributed by atoms with Crippen molar-refractivity contribution in [3.63, 3.8) is 0 Å². The molecule has 2 heterocycles. The van der Waals surface area contributed by atoms with E-state index in [4.69, 9.17) is 15.2 Å². The van der Waals surface area contributed by atoms with Crippen LogP contribution >= 0.6 is 0 Å². The number of anilines is 1. The lowest BCUT2D eigenvalue weighted by atomic mass is 9.90. The molecule has 0 fully saturated rings. The van der Waals surface area contributed by atoms with Gasteiger partial charge in [-0.25, -0.2) is 8.78 Å². The van der Waals surface area contributed by atoms with Crippen molar-refractivity contribution in [3.8, 4) is 22.9 Å². The molecule has 0 bridgehead atoms. The topological polar surface area (TPSA) is 102 Å². The Bertz CT molecular complexity index is 986. The van der Waals surface area contributed by atoms with E-state index in [1.165, 1.54) is 20.3 Å². The monoisotopic (exact) mass is 389 g/mol. The number of hydrogen-bond acceptors (Lipinski definition) is 5. The largest absolute Gasteiger partial charge is 0.494 e. The number of benzene rings is 1. The van der Waals surface area contributed by atoms with Crippen LogP contribution in [0.2, 0.25) is 0 Å². The van der Waals surface area contributed by atoms with E-state index in [0.29, 0.717) is 36.3 Å². The first-order valence-electron chi connectivity index (χ1n) is 9.00. The lowest BCUT2D eigenvalue weighted by molar-refractivity contribution is 0.348. The van der Waals surface area contributed by atoms with Crippen molar-refractivity contribution in [2.24, 2.45) is 0 Å². The standard InChI is InChI=1S/C19H21F2N5O2/c1-27-13-7-14(28-2)17(21)15(16(13)20)9-4-3-5-10-12(6-9)24-26-18(10)19-11(22)8-23-25-19/h7-9H,3-6,22H2,1-2H3,(H,23,25)(H,24,26)/t9-/m1/s1. The summed E-state index contributed by atoms with van der Waals surface area (Å²) in [4.78, 5) is 0. The van der Waals surface area contributed by atoms with Gasteiger partial charge in [0, 0.05) is 29.1 Å². The van der Waals surface area contributed by atoms with E-state index >= 15 is 0 Å². The minimum absolute atomic E-state index is 0.0144. The maximum atomic E-state index is 14.9. The van der Waals surface area contributed by atoms with E-state index in [0.717, 1.165) is 17.7 Å². The van der Waals surface area contributed by atoms with Gasteiger partial charge in [0.1, 0.15) is 11.4 Å². The van der Waals surface area contributed by atoms with Crippen molar-refractivity contribution in [1.82, 2.24) is 20.4 Å². The average molecular weight is 389 g/mol. The second-order valence-electron chi connectivity index (χ2n) is 6.83. The Morgan fingerprint density at radius 2 is 1.82 bits per heavy atom. The van der Waals surface area contributed by atoms with Crippen LogP contribution in [0.1, 0.15) is 35.6 Å². The van der Waals surface area contributed by atoms with Crippen LogP contribution in [0.25, 0.3) is 11.4 Å². The van der Waals surface area contributed by atoms with Gasteiger partial charge in [0.15, 0.2) is 23.1 Å². The summed E-state index contributed by atoms with van der Waals surface area (Å²) in [5.41, 5.74) is 9.52. The van der Waals surface area contributed by atoms with E-state index in [1.807, 2.05) is 0 Å². The zero-order chi connectivity index (χ0) is 19.8. The number of methoxy groups -OCH3 is 2. The maximum absolute atomic E-state index is 14.9. The van der Waals surface area contributed by atoms with Crippen LogP contribution in [0.5, 0.6) is 11.5 Å². The third-order valence-corrected chi connectivity index (χ3v) is 5.29. The van der Waals surface area contributed by atoms with Crippen LogP contribution in [0.15, 0.2) is 12.3 Å². The smallest absolute Gasteiger partial charge is 0.171 e. The Hall–Kier alpha value is -3.10. The molecule has 0 amide bonds. The van der Waals surface area contributed by atoms with E-state index in [1.54, 1.807) is 6.20 Å². The number of halogens is 2. The van der Waals surface area contributed by atoms with Crippen molar-refractivity contribution < 1.29 is 18.3 Å². The number of H-pyrrole nitrogens is 2. The molecule has 3 aromatic rings. The molecule has 28 heavy (non-hydrogen) atoms. The molecule has 1 aromatic carbocycles. The minimum Gasteiger partial charge on any atom is -0.494 e. The molecular formula is C19H21F2N5O2. The fourth-order valence-corrected chi connectivity index (χ4v) is 3.91. The summed E-state index contributed by atoms with van der Waals surface area (Å²) < 4.78 is 40.0. The predicted molar refractivity (Wildman–Crippen MR) is 99.4 cm³/mol. The minimum atomic E-state index is -0.689. The number of nitrogens with two attached hydrogens (primary N) is 1. The second-order valence-corrected chi connectivity index (χ2v) is 6.83. The van der Waals surface area contributed by atoms with Gasteiger partial charge < -0.3 is 15.2 Å². The normalized spacial score (nSPS) is 16.5. The van der Waals surface area contributed by atoms with Crippen molar-refractivity contribution in [1.29, 1.82) is 0 Å². The Labute approximate surface area is 160 Å². The average Bonchev–Trinajstić information content (AvgIpc) is 3.21. The molecule has 0 saturated carbocycles. The summed E-state index contributed by atoms with van der Waals surface area (Å²) in [5.74, 6) is -1.83. The zero-order valence-electron chi connectivity index (χ0n) is 15.6. The van der Waals surface area contributed by atoms with Gasteiger partial charge in [0.25, 0.3) is 0 Å². The molecule has 1 aliphatic carbocycles. The third kappa shape index (κ3) is 2.87. The molecule has 4 N–H and O–H groups in total. The highest BCUT2D eigenvalue weighted by molar-refractivity contribution is 5.72. The molecule has 1 aliphatic rings. The summed E-state index contributed by atoms with van der Waals surface area (Å²) in [6.07, 6.45) is 4.09. The number of ether oxygens (including phenoxy) is 2. The number of nitrogens with one attached hydrogen (secondary N) is 2. The highest BCUT2D eigenvalue weighted by atomic mass is 19.1. The number of rotatable bonds is 4. The summed E-state index contributed by atoms with van der Waals surface area (Å²) in [7, 11) is 2.69. The third-order valence-electron chi connectivity index (χ3n) is 5.29. The van der Waals surface area contributed by atoms with Crippen LogP contribution in [0.4, 0.5) is 14.5 Å². The molecule has 4 rings (SSSR count). The number of aromatic nitrogens is 4. The van der Waals surface area contributed by atoms with Crippen LogP contribution in [0, 0.1) is 11.6 Å². The van der Waals surface area contributed by atoms with Gasteiger partial charge in [-0.1, -0.05) is 0 Å². The van der Waals surface area contributed by atoms with Gasteiger partial charge in [-0.3, -0.25) is 10.2 Å². The number of hydrogen-bond donors (Lipinski definition) is 3. The lowest BCUT2D eigenvalue weighted by Gasteiger charge is -2.19.